The second kappa shape index (κ2) is 7.35. The molecule has 3 rings (SSSR count). The molecule has 0 aromatic heterocycles. The van der Waals surface area contributed by atoms with E-state index in [1.807, 2.05) is 24.3 Å². The summed E-state index contributed by atoms with van der Waals surface area (Å²) in [4.78, 5) is 2.11. The number of benzene rings is 2. The number of para-hydroxylation sites is 2. The molecule has 5 nitrogen and oxygen atoms in total. The Labute approximate surface area is 135 Å². The van der Waals surface area contributed by atoms with Crippen molar-refractivity contribution in [2.24, 2.45) is 0 Å². The fourth-order valence-corrected chi connectivity index (χ4v) is 2.61. The van der Waals surface area contributed by atoms with Crippen LogP contribution in [0.15, 0.2) is 48.5 Å². The summed E-state index contributed by atoms with van der Waals surface area (Å²) in [5, 5.41) is 19.3. The molecule has 122 valence electrons. The first-order chi connectivity index (χ1) is 11.3. The van der Waals surface area contributed by atoms with Crippen LogP contribution >= 0.6 is 0 Å². The van der Waals surface area contributed by atoms with Crippen molar-refractivity contribution in [3.05, 3.63) is 54.1 Å². The largest absolute Gasteiger partial charge is 0.491 e. The van der Waals surface area contributed by atoms with Crippen molar-refractivity contribution in [2.45, 2.75) is 12.7 Å². The summed E-state index contributed by atoms with van der Waals surface area (Å²) < 4.78 is 11.2. The van der Waals surface area contributed by atoms with Crippen molar-refractivity contribution in [1.29, 1.82) is 0 Å². The molecule has 1 aliphatic rings. The summed E-state index contributed by atoms with van der Waals surface area (Å²) in [6, 6.07) is 15.0. The third-order valence-corrected chi connectivity index (χ3v) is 3.80. The maximum Gasteiger partial charge on any atom is 0.142 e. The molecule has 0 amide bonds. The van der Waals surface area contributed by atoms with Crippen molar-refractivity contribution in [1.82, 2.24) is 0 Å². The molecule has 0 spiro atoms. The first-order valence-electron chi connectivity index (χ1n) is 7.73. The predicted molar refractivity (Wildman–Crippen MR) is 88.0 cm³/mol. The maximum absolute atomic E-state index is 10.2. The number of rotatable bonds is 6. The number of nitrogens with zero attached hydrogens (tertiary/aromatic N) is 1. The summed E-state index contributed by atoms with van der Waals surface area (Å²) in [7, 11) is 0. The average Bonchev–Trinajstić information content (AvgIpc) is 2.61. The lowest BCUT2D eigenvalue weighted by Gasteiger charge is -2.32. The fraction of sp³-hybridized carbons (Fsp3) is 0.333. The first-order valence-corrected chi connectivity index (χ1v) is 7.73. The molecule has 0 saturated carbocycles. The molecule has 0 saturated heterocycles. The Morgan fingerprint density at radius 2 is 1.91 bits per heavy atom. The van der Waals surface area contributed by atoms with Gasteiger partial charge in [0.2, 0.25) is 0 Å². The van der Waals surface area contributed by atoms with Crippen LogP contribution < -0.4 is 14.4 Å². The van der Waals surface area contributed by atoms with E-state index >= 15 is 0 Å². The van der Waals surface area contributed by atoms with E-state index in [1.165, 1.54) is 0 Å². The van der Waals surface area contributed by atoms with Gasteiger partial charge in [-0.2, -0.15) is 0 Å². The van der Waals surface area contributed by atoms with Gasteiger partial charge in [0.15, 0.2) is 0 Å². The zero-order chi connectivity index (χ0) is 16.1. The van der Waals surface area contributed by atoms with Gasteiger partial charge in [-0.05, 0) is 29.8 Å². The summed E-state index contributed by atoms with van der Waals surface area (Å²) >= 11 is 0. The minimum absolute atomic E-state index is 0.0132. The van der Waals surface area contributed by atoms with E-state index in [-0.39, 0.29) is 13.2 Å². The molecule has 0 aliphatic carbocycles. The van der Waals surface area contributed by atoms with E-state index in [0.29, 0.717) is 18.9 Å². The minimum atomic E-state index is -0.598. The van der Waals surface area contributed by atoms with Crippen LogP contribution in [0.3, 0.4) is 0 Å². The number of hydrogen-bond acceptors (Lipinski definition) is 5. The predicted octanol–water partition coefficient (Wildman–Crippen LogP) is 1.82. The van der Waals surface area contributed by atoms with Crippen molar-refractivity contribution in [3.63, 3.8) is 0 Å². The zero-order valence-corrected chi connectivity index (χ0v) is 12.9. The van der Waals surface area contributed by atoms with Crippen molar-refractivity contribution in [3.8, 4) is 11.5 Å². The van der Waals surface area contributed by atoms with Gasteiger partial charge < -0.3 is 24.6 Å². The van der Waals surface area contributed by atoms with Crippen LogP contribution in [0.25, 0.3) is 0 Å². The third-order valence-electron chi connectivity index (χ3n) is 3.80. The quantitative estimate of drug-likeness (QED) is 0.851. The Morgan fingerprint density at radius 3 is 2.70 bits per heavy atom. The van der Waals surface area contributed by atoms with Crippen LogP contribution in [0.1, 0.15) is 5.56 Å². The van der Waals surface area contributed by atoms with E-state index in [4.69, 9.17) is 14.6 Å². The lowest BCUT2D eigenvalue weighted by Crippen LogP contribution is -2.40. The van der Waals surface area contributed by atoms with Crippen LogP contribution in [0.5, 0.6) is 11.5 Å². The molecule has 0 bridgehead atoms. The molecule has 5 heteroatoms. The van der Waals surface area contributed by atoms with Gasteiger partial charge in [-0.3, -0.25) is 0 Å². The minimum Gasteiger partial charge on any atom is -0.491 e. The van der Waals surface area contributed by atoms with Gasteiger partial charge in [0.05, 0.1) is 18.8 Å². The summed E-state index contributed by atoms with van der Waals surface area (Å²) in [5.41, 5.74) is 1.84. The second-order valence-corrected chi connectivity index (χ2v) is 5.53. The Balaban J connectivity index is 1.54. The van der Waals surface area contributed by atoms with Crippen LogP contribution in [0.2, 0.25) is 0 Å². The molecule has 1 heterocycles. The molecule has 2 aromatic carbocycles. The Morgan fingerprint density at radius 1 is 1.13 bits per heavy atom. The van der Waals surface area contributed by atoms with Crippen LogP contribution in [0, 0.1) is 0 Å². The van der Waals surface area contributed by atoms with E-state index in [2.05, 4.69) is 4.90 Å². The van der Waals surface area contributed by atoms with Gasteiger partial charge in [0.25, 0.3) is 0 Å². The molecular weight excluding hydrogens is 294 g/mol. The SMILES string of the molecule is OCc1ccc(OCC(O)CN2CCOc3ccccc32)cc1. The Kier molecular flexibility index (Phi) is 5.00. The topological polar surface area (TPSA) is 62.2 Å². The molecular formula is C18H21NO4. The van der Waals surface area contributed by atoms with Crippen LogP contribution in [0.4, 0.5) is 5.69 Å². The molecule has 0 fully saturated rings. The Hall–Kier alpha value is -2.24. The van der Waals surface area contributed by atoms with E-state index in [0.717, 1.165) is 23.5 Å². The number of anilines is 1. The molecule has 1 atom stereocenters. The average molecular weight is 315 g/mol. The summed E-state index contributed by atoms with van der Waals surface area (Å²) in [6.45, 7) is 2.10. The maximum atomic E-state index is 10.2. The lowest BCUT2D eigenvalue weighted by atomic mass is 10.2. The van der Waals surface area contributed by atoms with Crippen molar-refractivity contribution >= 4 is 5.69 Å². The first kappa shape index (κ1) is 15.6. The van der Waals surface area contributed by atoms with Gasteiger partial charge in [0.1, 0.15) is 30.8 Å². The third kappa shape index (κ3) is 3.94. The number of fused-ring (bicyclic) bond motifs is 1. The summed E-state index contributed by atoms with van der Waals surface area (Å²) in [5.74, 6) is 1.54. The number of hydrogen-bond donors (Lipinski definition) is 2. The van der Waals surface area contributed by atoms with Gasteiger partial charge in [-0.15, -0.1) is 0 Å². The van der Waals surface area contributed by atoms with E-state index < -0.39 is 6.10 Å². The summed E-state index contributed by atoms with van der Waals surface area (Å²) in [6.07, 6.45) is -0.598. The molecule has 23 heavy (non-hydrogen) atoms. The molecule has 1 aliphatic heterocycles. The molecule has 0 radical (unpaired) electrons. The lowest BCUT2D eigenvalue weighted by molar-refractivity contribution is 0.110. The van der Waals surface area contributed by atoms with E-state index in [1.54, 1.807) is 24.3 Å². The van der Waals surface area contributed by atoms with Crippen LogP contribution in [-0.2, 0) is 6.61 Å². The smallest absolute Gasteiger partial charge is 0.142 e. The number of aliphatic hydroxyl groups is 2. The molecule has 2 N–H and O–H groups in total. The highest BCUT2D eigenvalue weighted by atomic mass is 16.5. The normalized spacial score (nSPS) is 14.8. The van der Waals surface area contributed by atoms with Gasteiger partial charge in [-0.1, -0.05) is 24.3 Å². The standard InChI is InChI=1S/C18H21NO4/c20-12-14-5-7-16(8-6-14)23-13-15(21)11-19-9-10-22-18-4-2-1-3-17(18)19/h1-8,15,20-21H,9-13H2. The Bertz CT molecular complexity index is 629. The fourth-order valence-electron chi connectivity index (χ4n) is 2.61. The van der Waals surface area contributed by atoms with Gasteiger partial charge in [-0.25, -0.2) is 0 Å². The highest BCUT2D eigenvalue weighted by Gasteiger charge is 2.20. The highest BCUT2D eigenvalue weighted by molar-refractivity contribution is 5.59. The monoisotopic (exact) mass is 315 g/mol. The number of β-amino-alcohol motifs (C(OH)–C–C–N with tert-alkyl or cyclic N) is 1. The van der Waals surface area contributed by atoms with Gasteiger partial charge >= 0.3 is 0 Å². The molecule has 2 aromatic rings. The van der Waals surface area contributed by atoms with Crippen LogP contribution in [-0.4, -0.2) is 42.6 Å². The van der Waals surface area contributed by atoms with Gasteiger partial charge in [0, 0.05) is 6.54 Å². The van der Waals surface area contributed by atoms with Crippen molar-refractivity contribution in [2.75, 3.05) is 31.2 Å². The van der Waals surface area contributed by atoms with Crippen molar-refractivity contribution < 1.29 is 19.7 Å². The molecule has 1 unspecified atom stereocenters. The second-order valence-electron chi connectivity index (χ2n) is 5.53. The number of ether oxygens (including phenoxy) is 2. The highest BCUT2D eigenvalue weighted by Crippen LogP contribution is 2.30. The number of aliphatic hydroxyl groups excluding tert-OH is 2. The van der Waals surface area contributed by atoms with E-state index in [9.17, 15) is 5.11 Å². The zero-order valence-electron chi connectivity index (χ0n) is 12.9.